The Balaban J connectivity index is 2.07. The van der Waals surface area contributed by atoms with Gasteiger partial charge in [0.2, 0.25) is 11.8 Å². The van der Waals surface area contributed by atoms with Gasteiger partial charge in [0.15, 0.2) is 0 Å². The molecule has 0 aliphatic rings. The van der Waals surface area contributed by atoms with Crippen LogP contribution in [0.5, 0.6) is 0 Å². The molecule has 12 heteroatoms. The van der Waals surface area contributed by atoms with Crippen molar-refractivity contribution in [3.63, 3.8) is 0 Å². The normalized spacial score (nSPS) is 12.1. The zero-order valence-corrected chi connectivity index (χ0v) is 26.0. The highest BCUT2D eigenvalue weighted by Gasteiger charge is 2.33. The van der Waals surface area contributed by atoms with Crippen molar-refractivity contribution >= 4 is 73.9 Å². The monoisotopic (exact) mass is 643 g/mol. The first-order valence-electron chi connectivity index (χ1n) is 12.4. The molecule has 0 radical (unpaired) electrons. The largest absolute Gasteiger partial charge is 0.354 e. The molecule has 0 saturated heterocycles. The fraction of sp³-hybridized carbons (Fsp3) is 0.286. The Morgan fingerprint density at radius 2 is 1.52 bits per heavy atom. The minimum Gasteiger partial charge on any atom is -0.354 e. The Hall–Kier alpha value is -2.49. The van der Waals surface area contributed by atoms with Gasteiger partial charge in [-0.05, 0) is 68.3 Å². The average molecular weight is 645 g/mol. The first kappa shape index (κ1) is 32.0. The van der Waals surface area contributed by atoms with Crippen LogP contribution in [0.4, 0.5) is 5.69 Å². The van der Waals surface area contributed by atoms with Crippen LogP contribution < -0.4 is 9.62 Å². The summed E-state index contributed by atoms with van der Waals surface area (Å²) < 4.78 is 28.7. The predicted octanol–water partition coefficient (Wildman–Crippen LogP) is 6.75. The van der Waals surface area contributed by atoms with Crippen molar-refractivity contribution < 1.29 is 18.0 Å². The molecule has 0 aliphatic carbocycles. The zero-order chi connectivity index (χ0) is 29.6. The molecule has 1 N–H and O–H groups in total. The molecule has 3 aromatic rings. The Morgan fingerprint density at radius 3 is 2.10 bits per heavy atom. The van der Waals surface area contributed by atoms with Crippen LogP contribution in [0.15, 0.2) is 65.6 Å². The van der Waals surface area contributed by atoms with E-state index in [0.717, 1.165) is 9.87 Å². The van der Waals surface area contributed by atoms with Crippen molar-refractivity contribution in [1.29, 1.82) is 0 Å². The van der Waals surface area contributed by atoms with Gasteiger partial charge in [-0.25, -0.2) is 8.42 Å². The molecule has 0 aliphatic heterocycles. The van der Waals surface area contributed by atoms with Gasteiger partial charge >= 0.3 is 0 Å². The van der Waals surface area contributed by atoms with Crippen LogP contribution in [0.2, 0.25) is 20.1 Å². The summed E-state index contributed by atoms with van der Waals surface area (Å²) >= 11 is 24.8. The number of carbonyl (C=O) groups is 2. The summed E-state index contributed by atoms with van der Waals surface area (Å²) in [6.45, 7) is 5.03. The molecule has 40 heavy (non-hydrogen) atoms. The SMILES string of the molecule is CCCNC(=O)[C@H](C)N(Cc1ccc(Cl)cc1Cl)C(=O)CN(c1cc(Cl)cc(Cl)c1)S(=O)(=O)c1ccc(C)cc1. The van der Waals surface area contributed by atoms with Crippen molar-refractivity contribution in [3.05, 3.63) is 91.9 Å². The van der Waals surface area contributed by atoms with Crippen molar-refractivity contribution in [2.45, 2.75) is 44.7 Å². The molecular weight excluding hydrogens is 616 g/mol. The van der Waals surface area contributed by atoms with Crippen molar-refractivity contribution in [2.24, 2.45) is 0 Å². The number of aryl methyl sites for hydroxylation is 1. The number of hydrogen-bond donors (Lipinski definition) is 1. The Labute approximate surface area is 255 Å². The molecule has 3 aromatic carbocycles. The summed E-state index contributed by atoms with van der Waals surface area (Å²) in [6.07, 6.45) is 0.702. The molecule has 0 saturated carbocycles. The lowest BCUT2D eigenvalue weighted by molar-refractivity contribution is -0.139. The summed E-state index contributed by atoms with van der Waals surface area (Å²) in [6, 6.07) is 14.4. The molecule has 2 amide bonds. The highest BCUT2D eigenvalue weighted by atomic mass is 35.5. The van der Waals surface area contributed by atoms with Crippen molar-refractivity contribution in [1.82, 2.24) is 10.2 Å². The highest BCUT2D eigenvalue weighted by molar-refractivity contribution is 7.92. The van der Waals surface area contributed by atoms with E-state index in [2.05, 4.69) is 5.32 Å². The van der Waals surface area contributed by atoms with E-state index in [-0.39, 0.29) is 33.1 Å². The average Bonchev–Trinajstić information content (AvgIpc) is 2.89. The number of nitrogens with one attached hydrogen (secondary N) is 1. The van der Waals surface area contributed by atoms with Crippen LogP contribution in [0.25, 0.3) is 0 Å². The van der Waals surface area contributed by atoms with E-state index in [9.17, 15) is 18.0 Å². The number of halogens is 4. The number of anilines is 1. The van der Waals surface area contributed by atoms with Crippen molar-refractivity contribution in [2.75, 3.05) is 17.4 Å². The minimum atomic E-state index is -4.26. The Morgan fingerprint density at radius 1 is 0.900 bits per heavy atom. The highest BCUT2D eigenvalue weighted by Crippen LogP contribution is 2.30. The lowest BCUT2D eigenvalue weighted by Gasteiger charge is -2.32. The molecule has 0 fully saturated rings. The first-order valence-corrected chi connectivity index (χ1v) is 15.3. The van der Waals surface area contributed by atoms with E-state index in [0.29, 0.717) is 28.6 Å². The Bertz CT molecular complexity index is 1460. The van der Waals surface area contributed by atoms with Crippen LogP contribution in [0.1, 0.15) is 31.4 Å². The predicted molar refractivity (Wildman–Crippen MR) is 162 cm³/mol. The van der Waals surface area contributed by atoms with Gasteiger partial charge < -0.3 is 10.2 Å². The Kier molecular flexibility index (Phi) is 11.1. The maximum Gasteiger partial charge on any atom is 0.264 e. The summed E-state index contributed by atoms with van der Waals surface area (Å²) in [5.74, 6) is -1.03. The smallest absolute Gasteiger partial charge is 0.264 e. The molecule has 214 valence electrons. The number of benzene rings is 3. The standard InChI is InChI=1S/C28H29Cl4N3O4S/c1-4-11-33-28(37)19(3)34(16-20-7-8-21(29)15-26(20)32)27(36)17-35(24-13-22(30)12-23(31)14-24)40(38,39)25-9-5-18(2)6-10-25/h5-10,12-15,19H,4,11,16-17H2,1-3H3,(H,33,37)/t19-/m0/s1. The van der Waals surface area contributed by atoms with Crippen LogP contribution in [-0.2, 0) is 26.2 Å². The topological polar surface area (TPSA) is 86.8 Å². The molecule has 0 heterocycles. The summed E-state index contributed by atoms with van der Waals surface area (Å²) in [5, 5.41) is 3.88. The summed E-state index contributed by atoms with van der Waals surface area (Å²) in [5.41, 5.74) is 1.50. The number of carbonyl (C=O) groups excluding carboxylic acids is 2. The van der Waals surface area contributed by atoms with Gasteiger partial charge in [-0.1, -0.05) is 77.1 Å². The maximum atomic E-state index is 13.9. The fourth-order valence-electron chi connectivity index (χ4n) is 3.86. The van der Waals surface area contributed by atoms with Gasteiger partial charge in [0.05, 0.1) is 10.6 Å². The molecule has 7 nitrogen and oxygen atoms in total. The molecule has 0 spiro atoms. The van der Waals surface area contributed by atoms with Gasteiger partial charge in [-0.15, -0.1) is 0 Å². The number of sulfonamides is 1. The van der Waals surface area contributed by atoms with Crippen LogP contribution >= 0.6 is 46.4 Å². The minimum absolute atomic E-state index is 0.0250. The van der Waals surface area contributed by atoms with Gasteiger partial charge in [0.25, 0.3) is 10.0 Å². The van der Waals surface area contributed by atoms with E-state index in [1.807, 2.05) is 13.8 Å². The number of rotatable bonds is 11. The molecule has 3 rings (SSSR count). The summed E-state index contributed by atoms with van der Waals surface area (Å²) in [4.78, 5) is 28.1. The van der Waals surface area contributed by atoms with E-state index in [1.54, 1.807) is 31.2 Å². The lowest BCUT2D eigenvalue weighted by atomic mass is 10.1. The zero-order valence-electron chi connectivity index (χ0n) is 22.1. The van der Waals surface area contributed by atoms with Gasteiger partial charge in [0.1, 0.15) is 12.6 Å². The quantitative estimate of drug-likeness (QED) is 0.250. The van der Waals surface area contributed by atoms with E-state index in [4.69, 9.17) is 46.4 Å². The maximum absolute atomic E-state index is 13.9. The lowest BCUT2D eigenvalue weighted by Crippen LogP contribution is -2.51. The van der Waals surface area contributed by atoms with Crippen LogP contribution in [0, 0.1) is 6.92 Å². The molecule has 0 bridgehead atoms. The number of nitrogens with zero attached hydrogens (tertiary/aromatic N) is 2. The van der Waals surface area contributed by atoms with Gasteiger partial charge in [-0.3, -0.25) is 13.9 Å². The number of amides is 2. The second-order valence-electron chi connectivity index (χ2n) is 9.18. The molecule has 1 atom stereocenters. The third-order valence-corrected chi connectivity index (χ3v) is 8.91. The number of hydrogen-bond acceptors (Lipinski definition) is 4. The fourth-order valence-corrected chi connectivity index (χ4v) is 6.24. The molecule has 0 aromatic heterocycles. The third-order valence-electron chi connectivity index (χ3n) is 6.10. The van der Waals surface area contributed by atoms with E-state index in [1.165, 1.54) is 41.3 Å². The van der Waals surface area contributed by atoms with Gasteiger partial charge in [0, 0.05) is 33.2 Å². The third kappa shape index (κ3) is 8.04. The van der Waals surface area contributed by atoms with E-state index < -0.39 is 28.5 Å². The van der Waals surface area contributed by atoms with Crippen LogP contribution in [-0.4, -0.2) is 44.3 Å². The van der Waals surface area contributed by atoms with Crippen molar-refractivity contribution in [3.8, 4) is 0 Å². The van der Waals surface area contributed by atoms with Gasteiger partial charge in [-0.2, -0.15) is 0 Å². The van der Waals surface area contributed by atoms with E-state index >= 15 is 0 Å². The first-order chi connectivity index (χ1) is 18.8. The summed E-state index contributed by atoms with van der Waals surface area (Å²) in [7, 11) is -4.26. The second-order valence-corrected chi connectivity index (χ2v) is 12.8. The molecule has 0 unspecified atom stereocenters. The second kappa shape index (κ2) is 13.9. The molecular formula is C28H29Cl4N3O4S. The van der Waals surface area contributed by atoms with Crippen LogP contribution in [0.3, 0.4) is 0 Å².